The van der Waals surface area contributed by atoms with E-state index in [1.54, 1.807) is 0 Å². The van der Waals surface area contributed by atoms with Crippen LogP contribution >= 0.6 is 24.0 Å². The van der Waals surface area contributed by atoms with Crippen molar-refractivity contribution in [3.8, 4) is 0 Å². The lowest BCUT2D eigenvalue weighted by Gasteiger charge is -2.31. The molecule has 0 bridgehead atoms. The Hall–Kier alpha value is -0.530. The first-order chi connectivity index (χ1) is 9.65. The van der Waals surface area contributed by atoms with Gasteiger partial charge in [0.2, 0.25) is 5.91 Å². The summed E-state index contributed by atoms with van der Waals surface area (Å²) in [6.45, 7) is 4.72. The molecular weight excluding hydrogens is 379 g/mol. The van der Waals surface area contributed by atoms with Gasteiger partial charge in [-0.3, -0.25) is 9.79 Å². The molecule has 1 aliphatic carbocycles. The maximum atomic E-state index is 11.8. The minimum atomic E-state index is 0. The summed E-state index contributed by atoms with van der Waals surface area (Å²) in [6.07, 6.45) is 7.63. The average molecular weight is 408 g/mol. The Balaban J connectivity index is 0.00000220. The second-order valence-electron chi connectivity index (χ2n) is 6.23. The lowest BCUT2D eigenvalue weighted by Crippen LogP contribution is -2.43. The quantitative estimate of drug-likeness (QED) is 0.425. The highest BCUT2D eigenvalue weighted by atomic mass is 127. The average Bonchev–Trinajstić information content (AvgIpc) is 2.91. The van der Waals surface area contributed by atoms with Crippen molar-refractivity contribution in [3.05, 3.63) is 0 Å². The van der Waals surface area contributed by atoms with Crippen molar-refractivity contribution < 1.29 is 4.79 Å². The van der Waals surface area contributed by atoms with Gasteiger partial charge in [-0.05, 0) is 31.6 Å². The van der Waals surface area contributed by atoms with Crippen molar-refractivity contribution in [2.45, 2.75) is 57.9 Å². The second-order valence-corrected chi connectivity index (χ2v) is 6.23. The number of guanidine groups is 1. The number of nitrogens with zero attached hydrogens (tertiary/aromatic N) is 2. The number of piperidine rings is 1. The summed E-state index contributed by atoms with van der Waals surface area (Å²) in [7, 11) is 0. The van der Waals surface area contributed by atoms with E-state index >= 15 is 0 Å². The van der Waals surface area contributed by atoms with Crippen molar-refractivity contribution in [2.75, 3.05) is 19.6 Å². The van der Waals surface area contributed by atoms with Crippen LogP contribution in [0.2, 0.25) is 0 Å². The number of halogens is 1. The fourth-order valence-corrected chi connectivity index (χ4v) is 3.14. The summed E-state index contributed by atoms with van der Waals surface area (Å²) in [6, 6.07) is 0.395. The summed E-state index contributed by atoms with van der Waals surface area (Å²) >= 11 is 0. The van der Waals surface area contributed by atoms with Crippen molar-refractivity contribution in [1.29, 1.82) is 0 Å². The lowest BCUT2D eigenvalue weighted by atomic mass is 10.0. The van der Waals surface area contributed by atoms with Crippen molar-refractivity contribution in [3.63, 3.8) is 0 Å². The van der Waals surface area contributed by atoms with E-state index in [1.165, 1.54) is 25.7 Å². The summed E-state index contributed by atoms with van der Waals surface area (Å²) < 4.78 is 0. The van der Waals surface area contributed by atoms with Crippen LogP contribution < -0.4 is 11.1 Å². The third-order valence-electron chi connectivity index (χ3n) is 4.31. The fraction of sp³-hybridized carbons (Fsp3) is 0.867. The van der Waals surface area contributed by atoms with Crippen LogP contribution in [0, 0.1) is 5.92 Å². The molecule has 1 amide bonds. The van der Waals surface area contributed by atoms with Gasteiger partial charge in [-0.15, -0.1) is 24.0 Å². The molecule has 0 spiro atoms. The third-order valence-corrected chi connectivity index (χ3v) is 4.31. The van der Waals surface area contributed by atoms with E-state index in [0.717, 1.165) is 25.9 Å². The first-order valence-corrected chi connectivity index (χ1v) is 7.99. The molecule has 1 unspecified atom stereocenters. The smallest absolute Gasteiger partial charge is 0.222 e. The van der Waals surface area contributed by atoms with Crippen LogP contribution in [0.4, 0.5) is 0 Å². The Kier molecular flexibility index (Phi) is 8.36. The van der Waals surface area contributed by atoms with E-state index in [1.807, 2.05) is 0 Å². The number of likely N-dealkylation sites (tertiary alicyclic amines) is 1. The SMILES string of the molecule is CC1CCCN(C(N)=NCCC(=O)NC2CCCC2)C1.I. The van der Waals surface area contributed by atoms with Crippen LogP contribution in [0.5, 0.6) is 0 Å². The molecule has 1 saturated carbocycles. The molecule has 2 rings (SSSR count). The van der Waals surface area contributed by atoms with Gasteiger partial charge in [-0.25, -0.2) is 0 Å². The molecule has 2 fully saturated rings. The molecule has 5 nitrogen and oxygen atoms in total. The lowest BCUT2D eigenvalue weighted by molar-refractivity contribution is -0.121. The number of carbonyl (C=O) groups excluding carboxylic acids is 1. The molecule has 0 radical (unpaired) electrons. The fourth-order valence-electron chi connectivity index (χ4n) is 3.14. The molecule has 3 N–H and O–H groups in total. The topological polar surface area (TPSA) is 70.7 Å². The van der Waals surface area contributed by atoms with Crippen molar-refractivity contribution >= 4 is 35.8 Å². The van der Waals surface area contributed by atoms with Gasteiger partial charge in [0.25, 0.3) is 0 Å². The number of hydrogen-bond donors (Lipinski definition) is 2. The first-order valence-electron chi connectivity index (χ1n) is 7.99. The normalized spacial score (nSPS) is 23.8. The Morgan fingerprint density at radius 1 is 1.29 bits per heavy atom. The zero-order valence-electron chi connectivity index (χ0n) is 13.0. The standard InChI is InChI=1S/C15H28N4O.HI/c1-12-5-4-10-19(11-12)15(16)17-9-8-14(20)18-13-6-2-3-7-13;/h12-13H,2-11H2,1H3,(H2,16,17)(H,18,20);1H. The zero-order chi connectivity index (χ0) is 14.4. The molecule has 1 aliphatic heterocycles. The van der Waals surface area contributed by atoms with E-state index in [-0.39, 0.29) is 29.9 Å². The maximum absolute atomic E-state index is 11.8. The predicted molar refractivity (Wildman–Crippen MR) is 96.9 cm³/mol. The Morgan fingerprint density at radius 3 is 2.67 bits per heavy atom. The zero-order valence-corrected chi connectivity index (χ0v) is 15.3. The molecule has 1 saturated heterocycles. The van der Waals surface area contributed by atoms with Crippen molar-refractivity contribution in [1.82, 2.24) is 10.2 Å². The number of rotatable bonds is 4. The first kappa shape index (κ1) is 18.5. The summed E-state index contributed by atoms with van der Waals surface area (Å²) in [5.41, 5.74) is 6.00. The molecule has 21 heavy (non-hydrogen) atoms. The maximum Gasteiger partial charge on any atom is 0.222 e. The highest BCUT2D eigenvalue weighted by Gasteiger charge is 2.18. The number of hydrogen-bond acceptors (Lipinski definition) is 2. The van der Waals surface area contributed by atoms with Gasteiger partial charge in [0, 0.05) is 25.6 Å². The number of amides is 1. The molecule has 122 valence electrons. The van der Waals surface area contributed by atoms with Crippen LogP contribution in [0.25, 0.3) is 0 Å². The molecule has 0 aromatic heterocycles. The summed E-state index contributed by atoms with van der Waals surface area (Å²) in [5.74, 6) is 1.40. The second kappa shape index (κ2) is 9.48. The molecule has 0 aromatic carbocycles. The van der Waals surface area contributed by atoms with E-state index < -0.39 is 0 Å². The van der Waals surface area contributed by atoms with E-state index in [9.17, 15) is 4.79 Å². The van der Waals surface area contributed by atoms with Gasteiger partial charge >= 0.3 is 0 Å². The Morgan fingerprint density at radius 2 is 2.00 bits per heavy atom. The van der Waals surface area contributed by atoms with Crippen LogP contribution in [0.3, 0.4) is 0 Å². The van der Waals surface area contributed by atoms with Crippen LogP contribution in [0.1, 0.15) is 51.9 Å². The van der Waals surface area contributed by atoms with Gasteiger partial charge in [0.15, 0.2) is 5.96 Å². The number of carbonyl (C=O) groups is 1. The minimum absolute atomic E-state index is 0. The monoisotopic (exact) mass is 408 g/mol. The van der Waals surface area contributed by atoms with Gasteiger partial charge in [-0.2, -0.15) is 0 Å². The highest BCUT2D eigenvalue weighted by Crippen LogP contribution is 2.17. The molecule has 2 aliphatic rings. The van der Waals surface area contributed by atoms with Crippen LogP contribution in [-0.2, 0) is 4.79 Å². The van der Waals surface area contributed by atoms with Crippen molar-refractivity contribution in [2.24, 2.45) is 16.6 Å². The number of nitrogens with two attached hydrogens (primary N) is 1. The van der Waals surface area contributed by atoms with E-state index in [0.29, 0.717) is 30.9 Å². The van der Waals surface area contributed by atoms with E-state index in [2.05, 4.69) is 22.1 Å². The number of aliphatic imine (C=N–C) groups is 1. The number of nitrogens with one attached hydrogen (secondary N) is 1. The molecule has 6 heteroatoms. The van der Waals surface area contributed by atoms with Crippen LogP contribution in [0.15, 0.2) is 4.99 Å². The predicted octanol–water partition coefficient (Wildman–Crippen LogP) is 2.10. The minimum Gasteiger partial charge on any atom is -0.370 e. The highest BCUT2D eigenvalue weighted by molar-refractivity contribution is 14.0. The molecule has 0 aromatic rings. The van der Waals surface area contributed by atoms with E-state index in [4.69, 9.17) is 5.73 Å². The van der Waals surface area contributed by atoms with Gasteiger partial charge in [0.05, 0.1) is 6.54 Å². The third kappa shape index (κ3) is 6.40. The largest absolute Gasteiger partial charge is 0.370 e. The Labute approximate surface area is 145 Å². The van der Waals surface area contributed by atoms with Gasteiger partial charge < -0.3 is 16.0 Å². The molecule has 1 atom stereocenters. The van der Waals surface area contributed by atoms with Crippen LogP contribution in [-0.4, -0.2) is 42.4 Å². The molecule has 1 heterocycles. The summed E-state index contributed by atoms with van der Waals surface area (Å²) in [4.78, 5) is 18.3. The van der Waals surface area contributed by atoms with Gasteiger partial charge in [0.1, 0.15) is 0 Å². The Bertz CT molecular complexity index is 356. The summed E-state index contributed by atoms with van der Waals surface area (Å²) in [5, 5.41) is 3.08. The molecular formula is C15H29IN4O. The van der Waals surface area contributed by atoms with Gasteiger partial charge in [-0.1, -0.05) is 19.8 Å².